The van der Waals surface area contributed by atoms with Crippen LogP contribution in [-0.4, -0.2) is 44.3 Å². The average Bonchev–Trinajstić information content (AvgIpc) is 3.03. The molecule has 0 atom stereocenters. The average molecular weight is 367 g/mol. The van der Waals surface area contributed by atoms with Gasteiger partial charge in [-0.3, -0.25) is 0 Å². The van der Waals surface area contributed by atoms with E-state index in [0.29, 0.717) is 32.8 Å². The molecule has 0 aliphatic carbocycles. The fourth-order valence-corrected chi connectivity index (χ4v) is 3.54. The zero-order valence-electron chi connectivity index (χ0n) is 15.6. The van der Waals surface area contributed by atoms with Gasteiger partial charge in [-0.1, -0.05) is 30.3 Å². The van der Waals surface area contributed by atoms with Crippen LogP contribution in [0.15, 0.2) is 42.5 Å². The van der Waals surface area contributed by atoms with Crippen molar-refractivity contribution in [2.45, 2.75) is 19.5 Å². The van der Waals surface area contributed by atoms with Gasteiger partial charge in [-0.05, 0) is 17.7 Å². The molecule has 0 saturated heterocycles. The fourth-order valence-electron chi connectivity index (χ4n) is 3.54. The number of likely N-dealkylation sites (N-methyl/N-ethyl adjacent to an activating group) is 1. The first kappa shape index (κ1) is 17.5. The van der Waals surface area contributed by atoms with Crippen LogP contribution in [0.2, 0.25) is 0 Å². The Morgan fingerprint density at radius 1 is 1.07 bits per heavy atom. The summed E-state index contributed by atoms with van der Waals surface area (Å²) in [6, 6.07) is 14.0. The number of anilines is 1. The maximum Gasteiger partial charge on any atom is 0.318 e. The highest BCUT2D eigenvalue weighted by Crippen LogP contribution is 2.33. The van der Waals surface area contributed by atoms with Crippen LogP contribution in [0.4, 0.5) is 10.5 Å². The smallest absolute Gasteiger partial charge is 0.318 e. The molecule has 2 aliphatic rings. The van der Waals surface area contributed by atoms with Gasteiger partial charge in [0.05, 0.1) is 13.2 Å². The second kappa shape index (κ2) is 7.78. The van der Waals surface area contributed by atoms with Crippen molar-refractivity contribution in [2.75, 3.05) is 38.3 Å². The van der Waals surface area contributed by atoms with E-state index in [2.05, 4.69) is 29.4 Å². The zero-order valence-corrected chi connectivity index (χ0v) is 15.6. The third-order valence-electron chi connectivity index (χ3n) is 5.04. The Labute approximate surface area is 159 Å². The summed E-state index contributed by atoms with van der Waals surface area (Å²) in [5, 5.41) is 3.05. The highest BCUT2D eigenvalue weighted by atomic mass is 16.5. The summed E-state index contributed by atoms with van der Waals surface area (Å²) in [6.45, 7) is 3.81. The summed E-state index contributed by atoms with van der Waals surface area (Å²) in [5.41, 5.74) is 3.29. The van der Waals surface area contributed by atoms with Gasteiger partial charge in [0.15, 0.2) is 11.5 Å². The molecule has 2 aromatic rings. The molecule has 2 amide bonds. The summed E-state index contributed by atoms with van der Waals surface area (Å²) in [7, 11) is 2.07. The first-order valence-electron chi connectivity index (χ1n) is 9.41. The number of hydrogen-bond donors (Lipinski definition) is 1. The summed E-state index contributed by atoms with van der Waals surface area (Å²) in [5.74, 6) is 1.50. The van der Waals surface area contributed by atoms with Gasteiger partial charge in [0.2, 0.25) is 0 Å². The zero-order chi connectivity index (χ0) is 18.6. The minimum atomic E-state index is -0.0627. The Kier molecular flexibility index (Phi) is 5.05. The summed E-state index contributed by atoms with van der Waals surface area (Å²) in [4.78, 5) is 16.9. The van der Waals surface area contributed by atoms with Crippen molar-refractivity contribution in [3.63, 3.8) is 0 Å². The number of rotatable bonds is 2. The van der Waals surface area contributed by atoms with Crippen LogP contribution < -0.4 is 19.7 Å². The third-order valence-corrected chi connectivity index (χ3v) is 5.04. The van der Waals surface area contributed by atoms with Crippen molar-refractivity contribution in [1.29, 1.82) is 0 Å². The Balaban J connectivity index is 1.45. The maximum absolute atomic E-state index is 12.8. The maximum atomic E-state index is 12.8. The minimum Gasteiger partial charge on any atom is -0.490 e. The van der Waals surface area contributed by atoms with E-state index in [1.165, 1.54) is 5.69 Å². The van der Waals surface area contributed by atoms with Crippen molar-refractivity contribution in [1.82, 2.24) is 10.2 Å². The standard InChI is InChI=1S/C21H25N3O3/c1-23-10-11-24(15-17-6-2-3-8-18(17)23)21(25)22-14-16-7-4-9-19-20(16)27-13-5-12-26-19/h2-4,6-9H,5,10-15H2,1H3,(H,22,25). The lowest BCUT2D eigenvalue weighted by Gasteiger charge is -2.22. The van der Waals surface area contributed by atoms with E-state index in [9.17, 15) is 4.79 Å². The molecule has 0 saturated carbocycles. The summed E-state index contributed by atoms with van der Waals surface area (Å²) >= 11 is 0. The van der Waals surface area contributed by atoms with Crippen LogP contribution in [-0.2, 0) is 13.1 Å². The van der Waals surface area contributed by atoms with Crippen LogP contribution in [0.5, 0.6) is 11.5 Å². The normalized spacial score (nSPS) is 16.2. The van der Waals surface area contributed by atoms with E-state index in [-0.39, 0.29) is 6.03 Å². The van der Waals surface area contributed by atoms with Gasteiger partial charge in [-0.2, -0.15) is 0 Å². The number of urea groups is 1. The van der Waals surface area contributed by atoms with Gasteiger partial charge in [0, 0.05) is 50.9 Å². The molecule has 0 aromatic heterocycles. The second-order valence-corrected chi connectivity index (χ2v) is 6.93. The van der Waals surface area contributed by atoms with Crippen molar-refractivity contribution in [2.24, 2.45) is 0 Å². The van der Waals surface area contributed by atoms with Crippen molar-refractivity contribution < 1.29 is 14.3 Å². The first-order chi connectivity index (χ1) is 13.2. The predicted octanol–water partition coefficient (Wildman–Crippen LogP) is 3.01. The first-order valence-corrected chi connectivity index (χ1v) is 9.41. The Bertz CT molecular complexity index is 824. The monoisotopic (exact) mass is 367 g/mol. The lowest BCUT2D eigenvalue weighted by molar-refractivity contribution is 0.197. The fraction of sp³-hybridized carbons (Fsp3) is 0.381. The second-order valence-electron chi connectivity index (χ2n) is 6.93. The summed E-state index contributed by atoms with van der Waals surface area (Å²) < 4.78 is 11.6. The molecule has 4 rings (SSSR count). The number of fused-ring (bicyclic) bond motifs is 2. The molecule has 6 heteroatoms. The molecular weight excluding hydrogens is 342 g/mol. The predicted molar refractivity (Wildman–Crippen MR) is 104 cm³/mol. The van der Waals surface area contributed by atoms with E-state index < -0.39 is 0 Å². The molecule has 1 N–H and O–H groups in total. The van der Waals surface area contributed by atoms with E-state index >= 15 is 0 Å². The van der Waals surface area contributed by atoms with Gasteiger partial charge in [0.25, 0.3) is 0 Å². The highest BCUT2D eigenvalue weighted by Gasteiger charge is 2.21. The van der Waals surface area contributed by atoms with Crippen molar-refractivity contribution >= 4 is 11.7 Å². The molecule has 0 unspecified atom stereocenters. The number of amides is 2. The number of carbonyl (C=O) groups excluding carboxylic acids is 1. The minimum absolute atomic E-state index is 0.0627. The molecule has 6 nitrogen and oxygen atoms in total. The number of nitrogens with zero attached hydrogens (tertiary/aromatic N) is 2. The number of para-hydroxylation sites is 2. The Hall–Kier alpha value is -2.89. The largest absolute Gasteiger partial charge is 0.490 e. The van der Waals surface area contributed by atoms with Gasteiger partial charge in [-0.25, -0.2) is 4.79 Å². The van der Waals surface area contributed by atoms with Crippen LogP contribution in [0, 0.1) is 0 Å². The van der Waals surface area contributed by atoms with Crippen molar-refractivity contribution in [3.8, 4) is 11.5 Å². The molecule has 0 spiro atoms. The third kappa shape index (κ3) is 3.79. The van der Waals surface area contributed by atoms with Gasteiger partial charge < -0.3 is 24.6 Å². The molecular formula is C21H25N3O3. The highest BCUT2D eigenvalue weighted by molar-refractivity contribution is 5.75. The van der Waals surface area contributed by atoms with E-state index in [1.54, 1.807) is 0 Å². The van der Waals surface area contributed by atoms with Gasteiger partial charge in [-0.15, -0.1) is 0 Å². The summed E-state index contributed by atoms with van der Waals surface area (Å²) in [6.07, 6.45) is 0.862. The molecule has 2 heterocycles. The number of carbonyl (C=O) groups is 1. The van der Waals surface area contributed by atoms with Gasteiger partial charge in [0.1, 0.15) is 0 Å². The molecule has 142 valence electrons. The number of hydrogen-bond acceptors (Lipinski definition) is 4. The molecule has 2 aliphatic heterocycles. The number of benzene rings is 2. The van der Waals surface area contributed by atoms with Crippen LogP contribution in [0.1, 0.15) is 17.5 Å². The SMILES string of the molecule is CN1CCN(C(=O)NCc2cccc3c2OCCCO3)Cc2ccccc21. The molecule has 2 aromatic carbocycles. The Morgan fingerprint density at radius 2 is 1.93 bits per heavy atom. The topological polar surface area (TPSA) is 54.0 Å². The quantitative estimate of drug-likeness (QED) is 0.887. The lowest BCUT2D eigenvalue weighted by atomic mass is 10.1. The van der Waals surface area contributed by atoms with E-state index in [0.717, 1.165) is 35.6 Å². The van der Waals surface area contributed by atoms with Crippen LogP contribution in [0.3, 0.4) is 0 Å². The van der Waals surface area contributed by atoms with E-state index in [1.807, 2.05) is 35.2 Å². The lowest BCUT2D eigenvalue weighted by Crippen LogP contribution is -2.41. The Morgan fingerprint density at radius 3 is 2.85 bits per heavy atom. The van der Waals surface area contributed by atoms with Gasteiger partial charge >= 0.3 is 6.03 Å². The van der Waals surface area contributed by atoms with Crippen molar-refractivity contribution in [3.05, 3.63) is 53.6 Å². The molecule has 0 radical (unpaired) electrons. The molecule has 0 bridgehead atoms. The molecule has 27 heavy (non-hydrogen) atoms. The molecule has 0 fully saturated rings. The van der Waals surface area contributed by atoms with Crippen LogP contribution >= 0.6 is 0 Å². The van der Waals surface area contributed by atoms with Crippen LogP contribution in [0.25, 0.3) is 0 Å². The van der Waals surface area contributed by atoms with E-state index in [4.69, 9.17) is 9.47 Å². The number of ether oxygens (including phenoxy) is 2. The number of nitrogens with one attached hydrogen (secondary N) is 1.